The largest absolute Gasteiger partial charge is 0.467 e. The Kier molecular flexibility index (Phi) is 3.80. The van der Waals surface area contributed by atoms with Gasteiger partial charge in [0.1, 0.15) is 5.75 Å². The average molecular weight is 222 g/mol. The Hall–Kier alpha value is -1.06. The molecule has 1 unspecified atom stereocenters. The molecule has 0 bridgehead atoms. The van der Waals surface area contributed by atoms with Crippen molar-refractivity contribution in [3.05, 3.63) is 29.8 Å². The van der Waals surface area contributed by atoms with E-state index in [1.165, 1.54) is 12.8 Å². The van der Waals surface area contributed by atoms with Crippen molar-refractivity contribution >= 4 is 0 Å². The maximum atomic E-state index is 9.54. The van der Waals surface area contributed by atoms with Crippen molar-refractivity contribution in [2.45, 2.75) is 25.9 Å². The van der Waals surface area contributed by atoms with Gasteiger partial charge in [-0.25, -0.2) is 0 Å². The molecule has 1 aliphatic carbocycles. The van der Waals surface area contributed by atoms with Crippen LogP contribution in [0, 0.1) is 5.92 Å². The Balaban J connectivity index is 1.82. The van der Waals surface area contributed by atoms with Gasteiger partial charge >= 0.3 is 0 Å². The smallest absolute Gasteiger partial charge is 0.189 e. The maximum Gasteiger partial charge on any atom is 0.189 e. The lowest BCUT2D eigenvalue weighted by Gasteiger charge is -2.13. The predicted octanol–water partition coefficient (Wildman–Crippen LogP) is 2.50. The van der Waals surface area contributed by atoms with E-state index in [2.05, 4.69) is 0 Å². The molecule has 0 radical (unpaired) electrons. The van der Waals surface area contributed by atoms with E-state index in [1.54, 1.807) is 6.92 Å². The van der Waals surface area contributed by atoms with Crippen molar-refractivity contribution in [1.82, 2.24) is 0 Å². The van der Waals surface area contributed by atoms with Gasteiger partial charge in [0.15, 0.2) is 6.79 Å². The number of para-hydroxylation sites is 1. The summed E-state index contributed by atoms with van der Waals surface area (Å²) in [5.74, 6) is 1.45. The second kappa shape index (κ2) is 5.32. The molecule has 0 amide bonds. The monoisotopic (exact) mass is 222 g/mol. The summed E-state index contributed by atoms with van der Waals surface area (Å²) in [4.78, 5) is 0. The van der Waals surface area contributed by atoms with E-state index in [0.29, 0.717) is 5.75 Å². The van der Waals surface area contributed by atoms with Crippen LogP contribution in [0.25, 0.3) is 0 Å². The molecular formula is C13H18O3. The van der Waals surface area contributed by atoms with E-state index in [0.717, 1.165) is 18.1 Å². The lowest BCUT2D eigenvalue weighted by molar-refractivity contribution is 0.00831. The Bertz CT molecular complexity index is 332. The first-order valence-electron chi connectivity index (χ1n) is 5.75. The van der Waals surface area contributed by atoms with E-state index >= 15 is 0 Å². The molecule has 1 N–H and O–H groups in total. The Morgan fingerprint density at radius 2 is 2.12 bits per heavy atom. The average Bonchev–Trinajstić information content (AvgIpc) is 3.08. The van der Waals surface area contributed by atoms with Crippen molar-refractivity contribution in [2.75, 3.05) is 13.4 Å². The standard InChI is InChI=1S/C13H18O3/c1-10(14)12-4-2-3-5-13(12)16-9-15-8-11-6-7-11/h2-5,10-11,14H,6-9H2,1H3. The summed E-state index contributed by atoms with van der Waals surface area (Å²) in [6, 6.07) is 7.49. The number of hydrogen-bond acceptors (Lipinski definition) is 3. The molecule has 2 rings (SSSR count). The van der Waals surface area contributed by atoms with Crippen molar-refractivity contribution in [1.29, 1.82) is 0 Å². The van der Waals surface area contributed by atoms with Crippen molar-refractivity contribution in [3.8, 4) is 5.75 Å². The van der Waals surface area contributed by atoms with Gasteiger partial charge in [0, 0.05) is 5.56 Å². The van der Waals surface area contributed by atoms with Crippen LogP contribution in [0.2, 0.25) is 0 Å². The van der Waals surface area contributed by atoms with Gasteiger partial charge in [0.05, 0.1) is 12.7 Å². The van der Waals surface area contributed by atoms with Gasteiger partial charge < -0.3 is 14.6 Å². The first-order chi connectivity index (χ1) is 7.77. The molecule has 1 aliphatic rings. The summed E-state index contributed by atoms with van der Waals surface area (Å²) in [5, 5.41) is 9.54. The van der Waals surface area contributed by atoms with Gasteiger partial charge in [-0.3, -0.25) is 0 Å². The van der Waals surface area contributed by atoms with Crippen LogP contribution >= 0.6 is 0 Å². The molecule has 3 nitrogen and oxygen atoms in total. The molecule has 0 heterocycles. The lowest BCUT2D eigenvalue weighted by atomic mass is 10.1. The fraction of sp³-hybridized carbons (Fsp3) is 0.538. The zero-order chi connectivity index (χ0) is 11.4. The molecule has 1 aromatic carbocycles. The van der Waals surface area contributed by atoms with E-state index < -0.39 is 6.10 Å². The summed E-state index contributed by atoms with van der Waals surface area (Å²) >= 11 is 0. The van der Waals surface area contributed by atoms with Gasteiger partial charge in [-0.05, 0) is 31.7 Å². The highest BCUT2D eigenvalue weighted by Gasteiger charge is 2.21. The number of aliphatic hydroxyl groups excluding tert-OH is 1. The molecular weight excluding hydrogens is 204 g/mol. The SMILES string of the molecule is CC(O)c1ccccc1OCOCC1CC1. The molecule has 3 heteroatoms. The van der Waals surface area contributed by atoms with Crippen LogP contribution in [-0.2, 0) is 4.74 Å². The summed E-state index contributed by atoms with van der Waals surface area (Å²) in [6.07, 6.45) is 2.05. The first-order valence-corrected chi connectivity index (χ1v) is 5.75. The summed E-state index contributed by atoms with van der Waals surface area (Å²) in [6.45, 7) is 2.78. The molecule has 0 spiro atoms. The minimum absolute atomic E-state index is 0.264. The second-order valence-electron chi connectivity index (χ2n) is 4.29. The van der Waals surface area contributed by atoms with Crippen LogP contribution in [0.1, 0.15) is 31.4 Å². The number of rotatable bonds is 6. The zero-order valence-corrected chi connectivity index (χ0v) is 9.56. The molecule has 1 atom stereocenters. The first kappa shape index (κ1) is 11.4. The number of ether oxygens (including phenoxy) is 2. The zero-order valence-electron chi connectivity index (χ0n) is 9.56. The fourth-order valence-corrected chi connectivity index (χ4v) is 1.56. The highest BCUT2D eigenvalue weighted by molar-refractivity contribution is 5.34. The minimum atomic E-state index is -0.514. The number of benzene rings is 1. The van der Waals surface area contributed by atoms with Gasteiger partial charge in [-0.15, -0.1) is 0 Å². The lowest BCUT2D eigenvalue weighted by Crippen LogP contribution is -2.07. The quantitative estimate of drug-likeness (QED) is 0.593. The van der Waals surface area contributed by atoms with E-state index in [1.807, 2.05) is 24.3 Å². The normalized spacial score (nSPS) is 17.1. The van der Waals surface area contributed by atoms with Crippen molar-refractivity contribution < 1.29 is 14.6 Å². The molecule has 0 saturated heterocycles. The van der Waals surface area contributed by atoms with E-state index in [4.69, 9.17) is 9.47 Å². The summed E-state index contributed by atoms with van der Waals surface area (Å²) in [5.41, 5.74) is 0.803. The molecule has 88 valence electrons. The fourth-order valence-electron chi connectivity index (χ4n) is 1.56. The minimum Gasteiger partial charge on any atom is -0.467 e. The highest BCUT2D eigenvalue weighted by atomic mass is 16.7. The third-order valence-electron chi connectivity index (χ3n) is 2.72. The van der Waals surface area contributed by atoms with Crippen molar-refractivity contribution in [3.63, 3.8) is 0 Å². The van der Waals surface area contributed by atoms with Crippen LogP contribution < -0.4 is 4.74 Å². The van der Waals surface area contributed by atoms with E-state index in [9.17, 15) is 5.11 Å². The number of aliphatic hydroxyl groups is 1. The molecule has 0 aliphatic heterocycles. The molecule has 0 aromatic heterocycles. The third kappa shape index (κ3) is 3.22. The summed E-state index contributed by atoms with van der Waals surface area (Å²) < 4.78 is 10.9. The van der Waals surface area contributed by atoms with Crippen LogP contribution in [-0.4, -0.2) is 18.5 Å². The van der Waals surface area contributed by atoms with Crippen LogP contribution in [0.3, 0.4) is 0 Å². The Morgan fingerprint density at radius 3 is 2.81 bits per heavy atom. The molecule has 1 aromatic rings. The maximum absolute atomic E-state index is 9.54. The topological polar surface area (TPSA) is 38.7 Å². The third-order valence-corrected chi connectivity index (χ3v) is 2.72. The van der Waals surface area contributed by atoms with Crippen molar-refractivity contribution in [2.24, 2.45) is 5.92 Å². The Labute approximate surface area is 96.0 Å². The van der Waals surface area contributed by atoms with Crippen LogP contribution in [0.5, 0.6) is 5.75 Å². The summed E-state index contributed by atoms with van der Waals surface area (Å²) in [7, 11) is 0. The predicted molar refractivity (Wildman–Crippen MR) is 61.2 cm³/mol. The van der Waals surface area contributed by atoms with Crippen LogP contribution in [0.15, 0.2) is 24.3 Å². The van der Waals surface area contributed by atoms with Gasteiger partial charge in [0.25, 0.3) is 0 Å². The van der Waals surface area contributed by atoms with E-state index in [-0.39, 0.29) is 6.79 Å². The molecule has 16 heavy (non-hydrogen) atoms. The molecule has 1 fully saturated rings. The molecule has 1 saturated carbocycles. The second-order valence-corrected chi connectivity index (χ2v) is 4.29. The highest BCUT2D eigenvalue weighted by Crippen LogP contribution is 2.29. The Morgan fingerprint density at radius 1 is 1.38 bits per heavy atom. The van der Waals surface area contributed by atoms with Crippen LogP contribution in [0.4, 0.5) is 0 Å². The number of hydrogen-bond donors (Lipinski definition) is 1. The van der Waals surface area contributed by atoms with Gasteiger partial charge in [0.2, 0.25) is 0 Å². The van der Waals surface area contributed by atoms with Gasteiger partial charge in [-0.2, -0.15) is 0 Å². The van der Waals surface area contributed by atoms with Gasteiger partial charge in [-0.1, -0.05) is 18.2 Å².